The average molecular weight is 270 g/mol. The van der Waals surface area contributed by atoms with Crippen LogP contribution in [0.25, 0.3) is 0 Å². The van der Waals surface area contributed by atoms with Crippen molar-refractivity contribution in [1.29, 1.82) is 0 Å². The molecule has 0 spiro atoms. The minimum atomic E-state index is 0.479. The molecule has 3 rings (SSSR count). The second-order valence-corrected chi connectivity index (χ2v) is 7.63. The van der Waals surface area contributed by atoms with E-state index in [0.717, 1.165) is 24.4 Å². The van der Waals surface area contributed by atoms with Gasteiger partial charge in [0.1, 0.15) is 0 Å². The van der Waals surface area contributed by atoms with Crippen molar-refractivity contribution < 1.29 is 4.74 Å². The van der Waals surface area contributed by atoms with Crippen LogP contribution in [-0.4, -0.2) is 60.3 Å². The molecule has 0 aromatic rings. The fourth-order valence-electron chi connectivity index (χ4n) is 2.99. The van der Waals surface area contributed by atoms with Crippen LogP contribution in [0.4, 0.5) is 0 Å². The molecule has 1 N–H and O–H groups in total. The number of nitrogens with one attached hydrogen (secondary N) is 1. The largest absolute Gasteiger partial charge is 0.372 e. The van der Waals surface area contributed by atoms with Gasteiger partial charge >= 0.3 is 0 Å². The van der Waals surface area contributed by atoms with Crippen LogP contribution >= 0.6 is 11.8 Å². The molecule has 3 aliphatic rings. The average Bonchev–Trinajstić information content (AvgIpc) is 3.08. The monoisotopic (exact) mass is 270 g/mol. The molecule has 1 saturated carbocycles. The lowest BCUT2D eigenvalue weighted by molar-refractivity contribution is 0.0240. The molecule has 0 aromatic heterocycles. The van der Waals surface area contributed by atoms with E-state index in [1.165, 1.54) is 44.5 Å². The van der Waals surface area contributed by atoms with Gasteiger partial charge in [0.2, 0.25) is 0 Å². The zero-order chi connectivity index (χ0) is 12.4. The Morgan fingerprint density at radius 3 is 2.83 bits per heavy atom. The summed E-state index contributed by atoms with van der Waals surface area (Å²) in [4.78, 5) is 2.60. The van der Waals surface area contributed by atoms with Gasteiger partial charge in [0.15, 0.2) is 0 Å². The summed E-state index contributed by atoms with van der Waals surface area (Å²) >= 11 is 2.11. The predicted octanol–water partition coefficient (Wildman–Crippen LogP) is 1.72. The number of rotatable bonds is 5. The summed E-state index contributed by atoms with van der Waals surface area (Å²) < 4.78 is 6.17. The van der Waals surface area contributed by atoms with Crippen LogP contribution in [0.5, 0.6) is 0 Å². The maximum Gasteiger partial charge on any atom is 0.0707 e. The molecule has 1 aliphatic carbocycles. The van der Waals surface area contributed by atoms with Gasteiger partial charge in [0.05, 0.1) is 12.2 Å². The van der Waals surface area contributed by atoms with E-state index in [9.17, 15) is 0 Å². The molecule has 0 radical (unpaired) electrons. The fraction of sp³-hybridized carbons (Fsp3) is 1.00. The Labute approximate surface area is 115 Å². The molecule has 3 fully saturated rings. The highest BCUT2D eigenvalue weighted by molar-refractivity contribution is 7.99. The Kier molecular flexibility index (Phi) is 4.50. The molecule has 3 unspecified atom stereocenters. The van der Waals surface area contributed by atoms with E-state index in [1.807, 2.05) is 0 Å². The van der Waals surface area contributed by atoms with Crippen molar-refractivity contribution in [2.45, 2.75) is 56.1 Å². The lowest BCUT2D eigenvalue weighted by Gasteiger charge is -2.32. The topological polar surface area (TPSA) is 24.5 Å². The van der Waals surface area contributed by atoms with Gasteiger partial charge in [-0.25, -0.2) is 0 Å². The quantitative estimate of drug-likeness (QED) is 0.822. The number of nitrogens with zero attached hydrogens (tertiary/aromatic N) is 1. The van der Waals surface area contributed by atoms with Crippen molar-refractivity contribution in [3.05, 3.63) is 0 Å². The molecule has 3 nitrogen and oxygen atoms in total. The van der Waals surface area contributed by atoms with Gasteiger partial charge < -0.3 is 10.1 Å². The summed E-state index contributed by atoms with van der Waals surface area (Å²) in [5.41, 5.74) is 0. The Morgan fingerprint density at radius 2 is 2.06 bits per heavy atom. The Morgan fingerprint density at radius 1 is 1.22 bits per heavy atom. The molecule has 3 atom stereocenters. The smallest absolute Gasteiger partial charge is 0.0707 e. The van der Waals surface area contributed by atoms with E-state index in [4.69, 9.17) is 4.74 Å². The van der Waals surface area contributed by atoms with Crippen molar-refractivity contribution in [2.24, 2.45) is 0 Å². The zero-order valence-electron chi connectivity index (χ0n) is 11.4. The summed E-state index contributed by atoms with van der Waals surface area (Å²) in [6, 6.07) is 0.813. The van der Waals surface area contributed by atoms with E-state index >= 15 is 0 Å². The Bertz CT molecular complexity index is 273. The first-order valence-corrected chi connectivity index (χ1v) is 8.57. The molecule has 2 heterocycles. The first kappa shape index (κ1) is 13.2. The van der Waals surface area contributed by atoms with Crippen LogP contribution in [-0.2, 0) is 4.74 Å². The maximum absolute atomic E-state index is 6.17. The van der Waals surface area contributed by atoms with E-state index in [2.05, 4.69) is 28.9 Å². The van der Waals surface area contributed by atoms with E-state index in [-0.39, 0.29) is 0 Å². The first-order chi connectivity index (χ1) is 8.79. The van der Waals surface area contributed by atoms with Gasteiger partial charge in [-0.05, 0) is 25.7 Å². The standard InChI is InChI=1S/C14H26N2OS/c1-11-9-16(6-7-18-11)10-14-5-4-13(17-14)8-15-12-2-3-12/h11-15H,2-10H2,1H3. The molecule has 0 bridgehead atoms. The Balaban J connectivity index is 1.35. The van der Waals surface area contributed by atoms with Gasteiger partial charge in [-0.3, -0.25) is 4.90 Å². The predicted molar refractivity (Wildman–Crippen MR) is 77.3 cm³/mol. The normalized spacial score (nSPS) is 38.2. The third kappa shape index (κ3) is 3.86. The van der Waals surface area contributed by atoms with Gasteiger partial charge in [0.25, 0.3) is 0 Å². The highest BCUT2D eigenvalue weighted by Gasteiger charge is 2.29. The van der Waals surface area contributed by atoms with Crippen LogP contribution in [0.15, 0.2) is 0 Å². The van der Waals surface area contributed by atoms with Crippen molar-refractivity contribution in [1.82, 2.24) is 10.2 Å². The van der Waals surface area contributed by atoms with Crippen molar-refractivity contribution in [2.75, 3.05) is 31.9 Å². The summed E-state index contributed by atoms with van der Waals surface area (Å²) in [5, 5.41) is 4.39. The number of ether oxygens (including phenoxy) is 1. The molecular formula is C14H26N2OS. The van der Waals surface area contributed by atoms with Crippen molar-refractivity contribution in [3.8, 4) is 0 Å². The summed E-state index contributed by atoms with van der Waals surface area (Å²) in [7, 11) is 0. The van der Waals surface area contributed by atoms with Gasteiger partial charge in [-0.15, -0.1) is 0 Å². The van der Waals surface area contributed by atoms with Crippen LogP contribution in [0.2, 0.25) is 0 Å². The van der Waals surface area contributed by atoms with E-state index in [1.54, 1.807) is 0 Å². The van der Waals surface area contributed by atoms with Gasteiger partial charge in [-0.1, -0.05) is 6.92 Å². The minimum absolute atomic E-state index is 0.479. The molecule has 0 amide bonds. The highest BCUT2D eigenvalue weighted by atomic mass is 32.2. The Hall–Kier alpha value is 0.230. The molecule has 18 heavy (non-hydrogen) atoms. The second-order valence-electron chi connectivity index (χ2n) is 6.08. The molecule has 2 aliphatic heterocycles. The van der Waals surface area contributed by atoms with Crippen molar-refractivity contribution >= 4 is 11.8 Å². The molecular weight excluding hydrogens is 244 g/mol. The number of thioether (sulfide) groups is 1. The first-order valence-electron chi connectivity index (χ1n) is 7.52. The molecule has 0 aromatic carbocycles. The number of hydrogen-bond acceptors (Lipinski definition) is 4. The van der Waals surface area contributed by atoms with E-state index in [0.29, 0.717) is 12.2 Å². The lowest BCUT2D eigenvalue weighted by Crippen LogP contribution is -2.41. The fourth-order valence-corrected chi connectivity index (χ4v) is 4.08. The third-order valence-electron chi connectivity index (χ3n) is 4.19. The third-order valence-corrected chi connectivity index (χ3v) is 5.33. The highest BCUT2D eigenvalue weighted by Crippen LogP contribution is 2.24. The SMILES string of the molecule is CC1CN(CC2CCC(CNC3CC3)O2)CCS1. The minimum Gasteiger partial charge on any atom is -0.372 e. The summed E-state index contributed by atoms with van der Waals surface area (Å²) in [6.07, 6.45) is 6.23. The van der Waals surface area contributed by atoms with Crippen LogP contribution in [0.1, 0.15) is 32.6 Å². The van der Waals surface area contributed by atoms with Gasteiger partial charge in [-0.2, -0.15) is 11.8 Å². The molecule has 4 heteroatoms. The molecule has 104 valence electrons. The van der Waals surface area contributed by atoms with Crippen LogP contribution < -0.4 is 5.32 Å². The summed E-state index contributed by atoms with van der Waals surface area (Å²) in [5.74, 6) is 1.29. The van der Waals surface area contributed by atoms with Crippen LogP contribution in [0.3, 0.4) is 0 Å². The second kappa shape index (κ2) is 6.12. The maximum atomic E-state index is 6.17. The lowest BCUT2D eigenvalue weighted by atomic mass is 10.2. The van der Waals surface area contributed by atoms with Crippen LogP contribution in [0, 0.1) is 0 Å². The number of hydrogen-bond donors (Lipinski definition) is 1. The van der Waals surface area contributed by atoms with Gasteiger partial charge in [0, 0.05) is 43.2 Å². The van der Waals surface area contributed by atoms with Crippen molar-refractivity contribution in [3.63, 3.8) is 0 Å². The van der Waals surface area contributed by atoms with E-state index < -0.39 is 0 Å². The molecule has 2 saturated heterocycles. The zero-order valence-corrected chi connectivity index (χ0v) is 12.3. The summed E-state index contributed by atoms with van der Waals surface area (Å²) in [6.45, 7) is 7.07.